The van der Waals surface area contributed by atoms with Gasteiger partial charge in [-0.2, -0.15) is 0 Å². The Morgan fingerprint density at radius 2 is 1.89 bits per heavy atom. The lowest BCUT2D eigenvalue weighted by Crippen LogP contribution is -2.48. The topological polar surface area (TPSA) is 35.6 Å². The third-order valence-electron chi connectivity index (χ3n) is 5.36. The number of halogens is 1. The Bertz CT molecular complexity index is 745. The number of likely N-dealkylation sites (tertiary alicyclic amines) is 1. The smallest absolute Gasteiger partial charge is 0.317 e. The number of carbonyl (C=O) groups is 1. The molecule has 0 saturated carbocycles. The SMILES string of the molecule is CCCCN1CCC(N(Cc2ccccc2)C(=O)Nc2cccc(Cl)c2)CC1. The van der Waals surface area contributed by atoms with Crippen LogP contribution in [0.2, 0.25) is 5.02 Å². The highest BCUT2D eigenvalue weighted by Gasteiger charge is 2.28. The number of hydrogen-bond donors (Lipinski definition) is 1. The molecule has 5 heteroatoms. The van der Waals surface area contributed by atoms with Crippen LogP contribution in [-0.2, 0) is 6.54 Å². The third kappa shape index (κ3) is 5.98. The number of rotatable bonds is 7. The number of piperidine rings is 1. The Morgan fingerprint density at radius 3 is 2.57 bits per heavy atom. The number of benzene rings is 2. The number of anilines is 1. The van der Waals surface area contributed by atoms with Gasteiger partial charge in [-0.3, -0.25) is 0 Å². The second kappa shape index (κ2) is 10.5. The number of unbranched alkanes of at least 4 members (excludes halogenated alkanes) is 1. The summed E-state index contributed by atoms with van der Waals surface area (Å²) in [5.41, 5.74) is 1.88. The van der Waals surface area contributed by atoms with Crippen molar-refractivity contribution in [3.8, 4) is 0 Å². The average Bonchev–Trinajstić information content (AvgIpc) is 2.72. The lowest BCUT2D eigenvalue weighted by Gasteiger charge is -2.38. The molecular weight excluding hydrogens is 370 g/mol. The molecule has 28 heavy (non-hydrogen) atoms. The summed E-state index contributed by atoms with van der Waals surface area (Å²) in [6.45, 7) is 6.12. The Hall–Kier alpha value is -2.04. The lowest BCUT2D eigenvalue weighted by molar-refractivity contribution is 0.122. The molecule has 0 unspecified atom stereocenters. The van der Waals surface area contributed by atoms with Crippen LogP contribution in [0.15, 0.2) is 54.6 Å². The van der Waals surface area contributed by atoms with Crippen molar-refractivity contribution in [3.63, 3.8) is 0 Å². The van der Waals surface area contributed by atoms with Crippen molar-refractivity contribution in [2.24, 2.45) is 0 Å². The van der Waals surface area contributed by atoms with Gasteiger partial charge in [-0.15, -0.1) is 0 Å². The standard InChI is InChI=1S/C23H30ClN3O/c1-2-3-14-26-15-12-22(13-16-26)27(18-19-8-5-4-6-9-19)23(28)25-21-11-7-10-20(24)17-21/h4-11,17,22H,2-3,12-16,18H2,1H3,(H,25,28). The minimum atomic E-state index is -0.0573. The molecule has 2 amide bonds. The first-order chi connectivity index (χ1) is 13.7. The van der Waals surface area contributed by atoms with Crippen molar-refractivity contribution >= 4 is 23.3 Å². The van der Waals surface area contributed by atoms with Crippen LogP contribution in [0.25, 0.3) is 0 Å². The van der Waals surface area contributed by atoms with Gasteiger partial charge in [0.05, 0.1) is 0 Å². The van der Waals surface area contributed by atoms with Gasteiger partial charge in [-0.05, 0) is 49.6 Å². The van der Waals surface area contributed by atoms with E-state index in [4.69, 9.17) is 11.6 Å². The average molecular weight is 400 g/mol. The molecule has 2 aromatic carbocycles. The van der Waals surface area contributed by atoms with Gasteiger partial charge >= 0.3 is 6.03 Å². The zero-order valence-corrected chi connectivity index (χ0v) is 17.4. The molecule has 2 aromatic rings. The first-order valence-corrected chi connectivity index (χ1v) is 10.6. The van der Waals surface area contributed by atoms with Gasteiger partial charge in [0.25, 0.3) is 0 Å². The normalized spacial score (nSPS) is 15.4. The van der Waals surface area contributed by atoms with Crippen LogP contribution in [0, 0.1) is 0 Å². The number of carbonyl (C=O) groups excluding carboxylic acids is 1. The van der Waals surface area contributed by atoms with Crippen LogP contribution in [0.5, 0.6) is 0 Å². The maximum absolute atomic E-state index is 13.1. The van der Waals surface area contributed by atoms with Gasteiger partial charge in [0, 0.05) is 36.4 Å². The van der Waals surface area contributed by atoms with Crippen LogP contribution in [0.3, 0.4) is 0 Å². The second-order valence-electron chi connectivity index (χ2n) is 7.48. The number of amides is 2. The molecule has 0 atom stereocenters. The fourth-order valence-electron chi connectivity index (χ4n) is 3.74. The van der Waals surface area contributed by atoms with Crippen LogP contribution < -0.4 is 5.32 Å². The summed E-state index contributed by atoms with van der Waals surface area (Å²) in [6.07, 6.45) is 4.49. The van der Waals surface area contributed by atoms with E-state index in [1.807, 2.05) is 41.3 Å². The highest BCUT2D eigenvalue weighted by atomic mass is 35.5. The molecule has 1 fully saturated rings. The first-order valence-electron chi connectivity index (χ1n) is 10.2. The van der Waals surface area contributed by atoms with Gasteiger partial charge in [0.2, 0.25) is 0 Å². The Balaban J connectivity index is 1.69. The highest BCUT2D eigenvalue weighted by Crippen LogP contribution is 2.22. The van der Waals surface area contributed by atoms with E-state index < -0.39 is 0 Å². The van der Waals surface area contributed by atoms with Gasteiger partial charge in [-0.25, -0.2) is 4.79 Å². The molecule has 0 aromatic heterocycles. The van der Waals surface area contributed by atoms with Crippen LogP contribution in [0.1, 0.15) is 38.2 Å². The molecule has 0 spiro atoms. The number of nitrogens with one attached hydrogen (secondary N) is 1. The van der Waals surface area contributed by atoms with E-state index in [-0.39, 0.29) is 12.1 Å². The van der Waals surface area contributed by atoms with Gasteiger partial charge in [0.15, 0.2) is 0 Å². The summed E-state index contributed by atoms with van der Waals surface area (Å²) < 4.78 is 0. The summed E-state index contributed by atoms with van der Waals surface area (Å²) in [4.78, 5) is 17.7. The first kappa shape index (κ1) is 20.7. The molecule has 150 valence electrons. The van der Waals surface area contributed by atoms with Gasteiger partial charge in [-0.1, -0.05) is 61.3 Å². The van der Waals surface area contributed by atoms with Gasteiger partial charge in [0.1, 0.15) is 0 Å². The van der Waals surface area contributed by atoms with Crippen molar-refractivity contribution in [1.82, 2.24) is 9.80 Å². The highest BCUT2D eigenvalue weighted by molar-refractivity contribution is 6.30. The van der Waals surface area contributed by atoms with E-state index >= 15 is 0 Å². The Labute approximate surface area is 173 Å². The van der Waals surface area contributed by atoms with Crippen LogP contribution >= 0.6 is 11.6 Å². The maximum atomic E-state index is 13.1. The summed E-state index contributed by atoms with van der Waals surface area (Å²) in [7, 11) is 0. The minimum absolute atomic E-state index is 0.0573. The predicted octanol–water partition coefficient (Wildman–Crippen LogP) is 5.64. The largest absolute Gasteiger partial charge is 0.322 e. The Kier molecular flexibility index (Phi) is 7.75. The molecule has 1 N–H and O–H groups in total. The monoisotopic (exact) mass is 399 g/mol. The summed E-state index contributed by atoms with van der Waals surface area (Å²) in [6, 6.07) is 17.7. The summed E-state index contributed by atoms with van der Waals surface area (Å²) in [5.74, 6) is 0. The van der Waals surface area contributed by atoms with Crippen LogP contribution in [-0.4, -0.2) is 41.5 Å². The molecule has 4 nitrogen and oxygen atoms in total. The minimum Gasteiger partial charge on any atom is -0.317 e. The maximum Gasteiger partial charge on any atom is 0.322 e. The van der Waals surface area contributed by atoms with E-state index in [2.05, 4.69) is 29.3 Å². The molecule has 0 bridgehead atoms. The van der Waals surface area contributed by atoms with Crippen LogP contribution in [0.4, 0.5) is 10.5 Å². The van der Waals surface area contributed by atoms with E-state index in [9.17, 15) is 4.79 Å². The van der Waals surface area contributed by atoms with Crippen molar-refractivity contribution in [3.05, 3.63) is 65.2 Å². The lowest BCUT2D eigenvalue weighted by atomic mass is 10.0. The molecule has 0 aliphatic carbocycles. The molecule has 1 saturated heterocycles. The fourth-order valence-corrected chi connectivity index (χ4v) is 3.93. The summed E-state index contributed by atoms with van der Waals surface area (Å²) >= 11 is 6.07. The molecule has 1 aliphatic rings. The van der Waals surface area contributed by atoms with Crippen molar-refractivity contribution < 1.29 is 4.79 Å². The predicted molar refractivity (Wildman–Crippen MR) is 117 cm³/mol. The molecule has 3 rings (SSSR count). The van der Waals surface area contributed by atoms with Crippen molar-refractivity contribution in [2.75, 3.05) is 25.0 Å². The second-order valence-corrected chi connectivity index (χ2v) is 7.92. The third-order valence-corrected chi connectivity index (χ3v) is 5.59. The molecule has 1 heterocycles. The molecule has 1 aliphatic heterocycles. The number of hydrogen-bond acceptors (Lipinski definition) is 2. The summed E-state index contributed by atoms with van der Waals surface area (Å²) in [5, 5.41) is 3.66. The van der Waals surface area contributed by atoms with E-state index in [1.54, 1.807) is 6.07 Å². The quantitative estimate of drug-likeness (QED) is 0.654. The van der Waals surface area contributed by atoms with E-state index in [0.717, 1.165) is 43.7 Å². The zero-order valence-electron chi connectivity index (χ0n) is 16.6. The zero-order chi connectivity index (χ0) is 19.8. The van der Waals surface area contributed by atoms with Gasteiger partial charge < -0.3 is 15.1 Å². The van der Waals surface area contributed by atoms with Crippen molar-refractivity contribution in [2.45, 2.75) is 45.2 Å². The van der Waals surface area contributed by atoms with Crippen molar-refractivity contribution in [1.29, 1.82) is 0 Å². The Morgan fingerprint density at radius 1 is 1.14 bits per heavy atom. The van der Waals surface area contributed by atoms with E-state index in [1.165, 1.54) is 12.8 Å². The van der Waals surface area contributed by atoms with E-state index in [0.29, 0.717) is 11.6 Å². The molecular formula is C23H30ClN3O. The fraction of sp³-hybridized carbons (Fsp3) is 0.435. The number of urea groups is 1. The molecule has 0 radical (unpaired) electrons. The number of nitrogens with zero attached hydrogens (tertiary/aromatic N) is 2.